The fourth-order valence-electron chi connectivity index (χ4n) is 4.07. The van der Waals surface area contributed by atoms with Crippen LogP contribution < -0.4 is 5.32 Å². The van der Waals surface area contributed by atoms with Crippen molar-refractivity contribution in [3.05, 3.63) is 77.1 Å². The Balaban J connectivity index is 1.55. The molecule has 0 atom stereocenters. The summed E-state index contributed by atoms with van der Waals surface area (Å²) in [5.74, 6) is 0.891. The van der Waals surface area contributed by atoms with Crippen LogP contribution in [0.5, 0.6) is 0 Å². The van der Waals surface area contributed by atoms with Crippen molar-refractivity contribution in [3.8, 4) is 11.4 Å². The number of aryl methyl sites for hydroxylation is 2. The number of imidazole rings is 1. The second kappa shape index (κ2) is 6.37. The molecule has 0 bridgehead atoms. The minimum atomic E-state index is -0.0244. The molecule has 2 aromatic heterocycles. The fourth-order valence-corrected chi connectivity index (χ4v) is 4.07. The van der Waals surface area contributed by atoms with Crippen LogP contribution in [0.1, 0.15) is 27.3 Å². The third-order valence-corrected chi connectivity index (χ3v) is 5.60. The Bertz CT molecular complexity index is 1180. The Kier molecular flexibility index (Phi) is 3.83. The van der Waals surface area contributed by atoms with E-state index in [9.17, 15) is 4.79 Å². The number of nitrogens with one attached hydrogen (secondary N) is 1. The Morgan fingerprint density at radius 2 is 1.75 bits per heavy atom. The average Bonchev–Trinajstić information content (AvgIpc) is 3.17. The standard InChI is InChI=1S/C23H22N4O/c1-15-6-7-16(2)27(15)14-17-8-10-18(11-9-17)22-25-20-5-3-4-19-21(20)26(22)13-12-24-23(19)28/h3-11H,12-14H2,1-2H3,(H,24,28). The van der Waals surface area contributed by atoms with E-state index < -0.39 is 0 Å². The molecule has 5 rings (SSSR count). The number of para-hydroxylation sites is 1. The van der Waals surface area contributed by atoms with Crippen LogP contribution in [-0.2, 0) is 13.1 Å². The number of nitrogens with zero attached hydrogens (tertiary/aromatic N) is 3. The molecule has 3 heterocycles. The van der Waals surface area contributed by atoms with Gasteiger partial charge in [0.2, 0.25) is 0 Å². The van der Waals surface area contributed by atoms with Crippen LogP contribution in [0.2, 0.25) is 0 Å². The lowest BCUT2D eigenvalue weighted by atomic mass is 10.1. The van der Waals surface area contributed by atoms with E-state index in [1.54, 1.807) is 0 Å². The molecule has 0 saturated carbocycles. The third-order valence-electron chi connectivity index (χ3n) is 5.60. The number of carbonyl (C=O) groups excluding carboxylic acids is 1. The van der Waals surface area contributed by atoms with E-state index in [0.717, 1.165) is 35.5 Å². The number of amides is 1. The van der Waals surface area contributed by atoms with Crippen LogP contribution in [0.4, 0.5) is 0 Å². The van der Waals surface area contributed by atoms with Crippen molar-refractivity contribution in [1.29, 1.82) is 0 Å². The lowest BCUT2D eigenvalue weighted by Gasteiger charge is -2.11. The molecule has 1 amide bonds. The molecule has 1 aliphatic rings. The van der Waals surface area contributed by atoms with Gasteiger partial charge in [0.05, 0.1) is 16.6 Å². The molecule has 2 aromatic carbocycles. The van der Waals surface area contributed by atoms with Gasteiger partial charge in [0.1, 0.15) is 5.82 Å². The molecule has 0 aliphatic carbocycles. The summed E-state index contributed by atoms with van der Waals surface area (Å²) < 4.78 is 4.48. The zero-order valence-corrected chi connectivity index (χ0v) is 16.1. The molecular formula is C23H22N4O. The minimum Gasteiger partial charge on any atom is -0.350 e. The van der Waals surface area contributed by atoms with E-state index in [0.29, 0.717) is 12.1 Å². The summed E-state index contributed by atoms with van der Waals surface area (Å²) in [5.41, 5.74) is 7.36. The zero-order chi connectivity index (χ0) is 19.3. The van der Waals surface area contributed by atoms with Crippen LogP contribution in [0, 0.1) is 13.8 Å². The summed E-state index contributed by atoms with van der Waals surface area (Å²) >= 11 is 0. The zero-order valence-electron chi connectivity index (χ0n) is 16.1. The van der Waals surface area contributed by atoms with Gasteiger partial charge in [-0.25, -0.2) is 4.98 Å². The molecule has 4 aromatic rings. The number of hydrogen-bond donors (Lipinski definition) is 1. The maximum absolute atomic E-state index is 12.3. The first kappa shape index (κ1) is 16.8. The van der Waals surface area contributed by atoms with E-state index in [2.05, 4.69) is 64.7 Å². The van der Waals surface area contributed by atoms with Crippen molar-refractivity contribution in [1.82, 2.24) is 19.4 Å². The molecule has 0 spiro atoms. The van der Waals surface area contributed by atoms with Gasteiger partial charge in [0, 0.05) is 36.6 Å². The second-order valence-electron chi connectivity index (χ2n) is 7.42. The summed E-state index contributed by atoms with van der Waals surface area (Å²) in [5, 5.41) is 2.97. The molecule has 28 heavy (non-hydrogen) atoms. The van der Waals surface area contributed by atoms with Crippen molar-refractivity contribution in [2.75, 3.05) is 6.54 Å². The van der Waals surface area contributed by atoms with Gasteiger partial charge in [0.15, 0.2) is 0 Å². The third kappa shape index (κ3) is 2.62. The van der Waals surface area contributed by atoms with E-state index >= 15 is 0 Å². The number of rotatable bonds is 3. The highest BCUT2D eigenvalue weighted by Crippen LogP contribution is 2.28. The van der Waals surface area contributed by atoms with Crippen LogP contribution in [-0.4, -0.2) is 26.6 Å². The van der Waals surface area contributed by atoms with Gasteiger partial charge in [-0.15, -0.1) is 0 Å². The molecule has 0 fully saturated rings. The SMILES string of the molecule is Cc1ccc(C)n1Cc1ccc(-c2nc3cccc4c3n2CCNC4=O)cc1. The maximum Gasteiger partial charge on any atom is 0.253 e. The van der Waals surface area contributed by atoms with E-state index in [1.807, 2.05) is 18.2 Å². The van der Waals surface area contributed by atoms with E-state index in [1.165, 1.54) is 17.0 Å². The summed E-state index contributed by atoms with van der Waals surface area (Å²) in [6.07, 6.45) is 0. The first-order valence-electron chi connectivity index (χ1n) is 9.61. The van der Waals surface area contributed by atoms with Gasteiger partial charge < -0.3 is 14.5 Å². The number of benzene rings is 2. The van der Waals surface area contributed by atoms with Crippen molar-refractivity contribution in [2.45, 2.75) is 26.9 Å². The number of aromatic nitrogens is 3. The number of hydrogen-bond acceptors (Lipinski definition) is 2. The van der Waals surface area contributed by atoms with E-state index in [4.69, 9.17) is 4.98 Å². The smallest absolute Gasteiger partial charge is 0.253 e. The molecular weight excluding hydrogens is 348 g/mol. The van der Waals surface area contributed by atoms with Gasteiger partial charge in [0.25, 0.3) is 5.91 Å². The largest absolute Gasteiger partial charge is 0.350 e. The lowest BCUT2D eigenvalue weighted by molar-refractivity contribution is 0.0956. The highest BCUT2D eigenvalue weighted by Gasteiger charge is 2.21. The predicted molar refractivity (Wildman–Crippen MR) is 111 cm³/mol. The Morgan fingerprint density at radius 3 is 2.50 bits per heavy atom. The first-order valence-corrected chi connectivity index (χ1v) is 9.61. The Morgan fingerprint density at radius 1 is 1.00 bits per heavy atom. The summed E-state index contributed by atoms with van der Waals surface area (Å²) in [6.45, 7) is 6.47. The van der Waals surface area contributed by atoms with Gasteiger partial charge in [-0.05, 0) is 43.7 Å². The monoisotopic (exact) mass is 370 g/mol. The first-order chi connectivity index (χ1) is 13.6. The topological polar surface area (TPSA) is 51.9 Å². The Labute approximate surface area is 163 Å². The molecule has 5 nitrogen and oxygen atoms in total. The summed E-state index contributed by atoms with van der Waals surface area (Å²) in [4.78, 5) is 17.2. The van der Waals surface area contributed by atoms with Gasteiger partial charge in [-0.3, -0.25) is 4.79 Å². The van der Waals surface area contributed by atoms with Crippen LogP contribution in [0.25, 0.3) is 22.4 Å². The van der Waals surface area contributed by atoms with Crippen LogP contribution in [0.15, 0.2) is 54.6 Å². The van der Waals surface area contributed by atoms with E-state index in [-0.39, 0.29) is 5.91 Å². The molecule has 0 saturated heterocycles. The fraction of sp³-hybridized carbons (Fsp3) is 0.217. The molecule has 1 N–H and O–H groups in total. The molecule has 140 valence electrons. The Hall–Kier alpha value is -3.34. The van der Waals surface area contributed by atoms with Crippen LogP contribution in [0.3, 0.4) is 0 Å². The van der Waals surface area contributed by atoms with Gasteiger partial charge in [-0.2, -0.15) is 0 Å². The molecule has 5 heteroatoms. The van der Waals surface area contributed by atoms with Crippen molar-refractivity contribution >= 4 is 16.9 Å². The summed E-state index contributed by atoms with van der Waals surface area (Å²) in [7, 11) is 0. The highest BCUT2D eigenvalue weighted by atomic mass is 16.1. The van der Waals surface area contributed by atoms with Crippen molar-refractivity contribution in [2.24, 2.45) is 0 Å². The quantitative estimate of drug-likeness (QED) is 0.594. The highest BCUT2D eigenvalue weighted by molar-refractivity contribution is 6.06. The number of carbonyl (C=O) groups is 1. The second-order valence-corrected chi connectivity index (χ2v) is 7.42. The van der Waals surface area contributed by atoms with Gasteiger partial charge >= 0.3 is 0 Å². The van der Waals surface area contributed by atoms with Crippen LogP contribution >= 0.6 is 0 Å². The average molecular weight is 370 g/mol. The predicted octanol–water partition coefficient (Wildman–Crippen LogP) is 3.91. The molecule has 0 unspecified atom stereocenters. The lowest BCUT2D eigenvalue weighted by Crippen LogP contribution is -2.24. The minimum absolute atomic E-state index is 0.0244. The van der Waals surface area contributed by atoms with Crippen molar-refractivity contribution < 1.29 is 4.79 Å². The summed E-state index contributed by atoms with van der Waals surface area (Å²) in [6, 6.07) is 18.7. The molecule has 0 radical (unpaired) electrons. The van der Waals surface area contributed by atoms with Crippen molar-refractivity contribution in [3.63, 3.8) is 0 Å². The van der Waals surface area contributed by atoms with Gasteiger partial charge in [-0.1, -0.05) is 30.3 Å². The normalized spacial score (nSPS) is 13.6. The maximum atomic E-state index is 12.3. The molecule has 1 aliphatic heterocycles.